The minimum atomic E-state index is -1.18. The van der Waals surface area contributed by atoms with E-state index in [4.69, 9.17) is 5.73 Å². The lowest BCUT2D eigenvalue weighted by Crippen LogP contribution is -2.65. The summed E-state index contributed by atoms with van der Waals surface area (Å²) in [5, 5.41) is 2.15. The van der Waals surface area contributed by atoms with Crippen LogP contribution < -0.4 is 11.1 Å². The molecule has 1 spiro atoms. The van der Waals surface area contributed by atoms with E-state index in [0.29, 0.717) is 12.8 Å². The Hall–Kier alpha value is -1.92. The van der Waals surface area contributed by atoms with Crippen LogP contribution in [0.25, 0.3) is 0 Å². The molecule has 1 saturated carbocycles. The number of carbonyl (C=O) groups is 4. The van der Waals surface area contributed by atoms with Crippen molar-refractivity contribution in [3.63, 3.8) is 0 Å². The van der Waals surface area contributed by atoms with Gasteiger partial charge >= 0.3 is 6.03 Å². The molecule has 2 aliphatic rings. The highest BCUT2D eigenvalue weighted by Crippen LogP contribution is 2.39. The Morgan fingerprint density at radius 3 is 2.39 bits per heavy atom. The smallest absolute Gasteiger partial charge is 0.331 e. The first-order valence-corrected chi connectivity index (χ1v) is 5.93. The molecule has 1 aliphatic heterocycles. The Labute approximate surface area is 104 Å². The molecule has 0 bridgehead atoms. The number of imide groups is 2. The van der Waals surface area contributed by atoms with Gasteiger partial charge in [0.1, 0.15) is 12.0 Å². The van der Waals surface area contributed by atoms with Gasteiger partial charge in [0, 0.05) is 0 Å². The summed E-state index contributed by atoms with van der Waals surface area (Å²) in [4.78, 5) is 47.4. The minimum Gasteiger partial charge on any atom is -0.368 e. The van der Waals surface area contributed by atoms with Crippen LogP contribution in [0.2, 0.25) is 0 Å². The fourth-order valence-corrected chi connectivity index (χ4v) is 2.63. The summed E-state index contributed by atoms with van der Waals surface area (Å²) in [5.41, 5.74) is 3.82. The molecule has 0 radical (unpaired) electrons. The number of nitrogens with zero attached hydrogens (tertiary/aromatic N) is 1. The van der Waals surface area contributed by atoms with Crippen molar-refractivity contribution in [2.45, 2.75) is 32.1 Å². The number of carbonyl (C=O) groups excluding carboxylic acids is 4. The number of primary amides is 1. The normalized spacial score (nSPS) is 23.1. The summed E-state index contributed by atoms with van der Waals surface area (Å²) in [7, 11) is 0. The molecule has 7 nitrogen and oxygen atoms in total. The van der Waals surface area contributed by atoms with E-state index < -0.39 is 35.7 Å². The number of rotatable bonds is 2. The molecule has 0 atom stereocenters. The third-order valence-electron chi connectivity index (χ3n) is 3.58. The van der Waals surface area contributed by atoms with E-state index in [1.54, 1.807) is 0 Å². The number of nitrogens with one attached hydrogen (secondary N) is 1. The first kappa shape index (κ1) is 12.5. The van der Waals surface area contributed by atoms with E-state index in [0.717, 1.165) is 24.2 Å². The van der Waals surface area contributed by atoms with Crippen molar-refractivity contribution < 1.29 is 19.2 Å². The van der Waals surface area contributed by atoms with Gasteiger partial charge in [-0.1, -0.05) is 19.3 Å². The monoisotopic (exact) mass is 253 g/mol. The Morgan fingerprint density at radius 2 is 1.83 bits per heavy atom. The van der Waals surface area contributed by atoms with Crippen LogP contribution in [-0.2, 0) is 14.4 Å². The van der Waals surface area contributed by atoms with Gasteiger partial charge in [0.2, 0.25) is 17.7 Å². The maximum Gasteiger partial charge on any atom is 0.331 e. The van der Waals surface area contributed by atoms with Gasteiger partial charge in [-0.05, 0) is 12.8 Å². The third-order valence-corrected chi connectivity index (χ3v) is 3.58. The Morgan fingerprint density at radius 1 is 1.22 bits per heavy atom. The molecule has 98 valence electrons. The van der Waals surface area contributed by atoms with Gasteiger partial charge in [-0.25, -0.2) is 4.79 Å². The van der Waals surface area contributed by atoms with Crippen molar-refractivity contribution in [1.82, 2.24) is 10.2 Å². The highest BCUT2D eigenvalue weighted by molar-refractivity contribution is 6.19. The maximum atomic E-state index is 12.3. The van der Waals surface area contributed by atoms with Crippen LogP contribution in [-0.4, -0.2) is 35.2 Å². The zero-order chi connectivity index (χ0) is 13.3. The van der Waals surface area contributed by atoms with E-state index in [9.17, 15) is 19.2 Å². The second-order valence-electron chi connectivity index (χ2n) is 4.76. The van der Waals surface area contributed by atoms with E-state index in [1.165, 1.54) is 0 Å². The predicted octanol–water partition coefficient (Wildman–Crippen LogP) is -0.499. The van der Waals surface area contributed by atoms with Crippen molar-refractivity contribution in [2.24, 2.45) is 11.1 Å². The lowest BCUT2D eigenvalue weighted by Gasteiger charge is -2.40. The second-order valence-corrected chi connectivity index (χ2v) is 4.76. The van der Waals surface area contributed by atoms with Crippen molar-refractivity contribution in [2.75, 3.05) is 6.54 Å². The van der Waals surface area contributed by atoms with Gasteiger partial charge in [-0.15, -0.1) is 0 Å². The fraction of sp³-hybridized carbons (Fsp3) is 0.636. The second kappa shape index (κ2) is 4.40. The molecule has 18 heavy (non-hydrogen) atoms. The molecule has 0 unspecified atom stereocenters. The number of barbiturate groups is 1. The van der Waals surface area contributed by atoms with Crippen LogP contribution in [0.5, 0.6) is 0 Å². The number of amides is 5. The van der Waals surface area contributed by atoms with Gasteiger partial charge in [0.25, 0.3) is 0 Å². The third kappa shape index (κ3) is 1.85. The van der Waals surface area contributed by atoms with Crippen LogP contribution in [0.15, 0.2) is 0 Å². The Bertz CT molecular complexity index is 426. The molecule has 2 fully saturated rings. The van der Waals surface area contributed by atoms with E-state index >= 15 is 0 Å². The predicted molar refractivity (Wildman–Crippen MR) is 60.0 cm³/mol. The molecule has 0 aromatic rings. The summed E-state index contributed by atoms with van der Waals surface area (Å²) >= 11 is 0. The highest BCUT2D eigenvalue weighted by atomic mass is 16.2. The average molecular weight is 253 g/mol. The largest absolute Gasteiger partial charge is 0.368 e. The van der Waals surface area contributed by atoms with Gasteiger partial charge in [0.05, 0.1) is 0 Å². The topological polar surface area (TPSA) is 110 Å². The van der Waals surface area contributed by atoms with Crippen molar-refractivity contribution in [3.05, 3.63) is 0 Å². The molecule has 5 amide bonds. The summed E-state index contributed by atoms with van der Waals surface area (Å²) in [5.74, 6) is -1.91. The van der Waals surface area contributed by atoms with Crippen molar-refractivity contribution in [3.8, 4) is 0 Å². The molecule has 2 rings (SSSR count). The maximum absolute atomic E-state index is 12.3. The molecule has 1 heterocycles. The summed E-state index contributed by atoms with van der Waals surface area (Å²) in [6.45, 7) is -0.486. The molecule has 0 aromatic heterocycles. The summed E-state index contributed by atoms with van der Waals surface area (Å²) in [6.07, 6.45) is 3.32. The molecule has 1 aliphatic carbocycles. The van der Waals surface area contributed by atoms with Gasteiger partial charge in [-0.3, -0.25) is 24.6 Å². The van der Waals surface area contributed by atoms with Crippen molar-refractivity contribution >= 4 is 23.8 Å². The summed E-state index contributed by atoms with van der Waals surface area (Å²) in [6, 6.07) is -0.861. The number of urea groups is 1. The zero-order valence-corrected chi connectivity index (χ0v) is 9.90. The lowest BCUT2D eigenvalue weighted by atomic mass is 9.71. The molecule has 3 N–H and O–H groups in total. The lowest BCUT2D eigenvalue weighted by molar-refractivity contribution is -0.155. The number of hydrogen-bond acceptors (Lipinski definition) is 4. The standard InChI is InChI=1S/C11H15N3O4/c12-7(15)6-14-9(17)11(4-2-1-3-5-11)8(16)13-10(14)18/h1-6H2,(H2,12,15)(H,13,16,18). The quantitative estimate of drug-likeness (QED) is 0.646. The van der Waals surface area contributed by atoms with Crippen LogP contribution in [0.3, 0.4) is 0 Å². The molecule has 7 heteroatoms. The van der Waals surface area contributed by atoms with Crippen LogP contribution in [0, 0.1) is 5.41 Å². The Balaban J connectivity index is 2.30. The fourth-order valence-electron chi connectivity index (χ4n) is 2.63. The van der Waals surface area contributed by atoms with Crippen LogP contribution >= 0.6 is 0 Å². The first-order chi connectivity index (χ1) is 8.47. The molecule has 0 aromatic carbocycles. The first-order valence-electron chi connectivity index (χ1n) is 5.93. The zero-order valence-electron chi connectivity index (χ0n) is 9.90. The number of nitrogens with two attached hydrogens (primary N) is 1. The SMILES string of the molecule is NC(=O)CN1C(=O)NC(=O)C2(CCCCC2)C1=O. The Kier molecular flexibility index (Phi) is 3.06. The van der Waals surface area contributed by atoms with Crippen LogP contribution in [0.4, 0.5) is 4.79 Å². The summed E-state index contributed by atoms with van der Waals surface area (Å²) < 4.78 is 0. The average Bonchev–Trinajstić information content (AvgIpc) is 2.34. The van der Waals surface area contributed by atoms with E-state index in [-0.39, 0.29) is 0 Å². The van der Waals surface area contributed by atoms with Gasteiger partial charge < -0.3 is 5.73 Å². The highest BCUT2D eigenvalue weighted by Gasteiger charge is 2.53. The van der Waals surface area contributed by atoms with Crippen molar-refractivity contribution in [1.29, 1.82) is 0 Å². The van der Waals surface area contributed by atoms with E-state index in [2.05, 4.69) is 5.32 Å². The minimum absolute atomic E-state index is 0.417. The van der Waals surface area contributed by atoms with Gasteiger partial charge in [-0.2, -0.15) is 0 Å². The molecular formula is C11H15N3O4. The van der Waals surface area contributed by atoms with Gasteiger partial charge in [0.15, 0.2) is 0 Å². The molecular weight excluding hydrogens is 238 g/mol. The van der Waals surface area contributed by atoms with E-state index in [1.807, 2.05) is 0 Å². The number of hydrogen-bond donors (Lipinski definition) is 2. The van der Waals surface area contributed by atoms with Crippen LogP contribution in [0.1, 0.15) is 32.1 Å². The molecule has 1 saturated heterocycles.